The smallest absolute Gasteiger partial charge is 0.252 e. The summed E-state index contributed by atoms with van der Waals surface area (Å²) in [5.41, 5.74) is 2.51. The third kappa shape index (κ3) is 4.23. The van der Waals surface area contributed by atoms with Crippen LogP contribution in [0, 0.1) is 0 Å². The molecule has 6 nitrogen and oxygen atoms in total. The predicted octanol–water partition coefficient (Wildman–Crippen LogP) is 4.35. The van der Waals surface area contributed by atoms with Gasteiger partial charge >= 0.3 is 0 Å². The van der Waals surface area contributed by atoms with Crippen molar-refractivity contribution < 1.29 is 13.2 Å². The Bertz CT molecular complexity index is 1200. The van der Waals surface area contributed by atoms with Crippen LogP contribution in [-0.4, -0.2) is 54.7 Å². The number of likely N-dealkylation sites (tertiary alicyclic amines) is 1. The van der Waals surface area contributed by atoms with Crippen molar-refractivity contribution in [2.75, 3.05) is 26.2 Å². The van der Waals surface area contributed by atoms with Gasteiger partial charge in [0.1, 0.15) is 4.21 Å². The number of para-hydroxylation sites is 1. The molecular weight excluding hydrogens is 442 g/mol. The number of aromatic amines is 1. The van der Waals surface area contributed by atoms with Crippen molar-refractivity contribution >= 4 is 38.2 Å². The minimum atomic E-state index is -3.43. The number of carbonyl (C=O) groups excluding carboxylic acids is 1. The van der Waals surface area contributed by atoms with E-state index < -0.39 is 10.0 Å². The van der Waals surface area contributed by atoms with Gasteiger partial charge in [0.2, 0.25) is 5.91 Å². The number of hydrogen-bond donors (Lipinski definition) is 1. The fraction of sp³-hybridized carbons (Fsp3) is 0.458. The van der Waals surface area contributed by atoms with Crippen LogP contribution in [0.25, 0.3) is 10.9 Å². The second-order valence-corrected chi connectivity index (χ2v) is 12.1. The Hall–Kier alpha value is -2.16. The molecule has 4 heterocycles. The molecule has 2 saturated heterocycles. The minimum absolute atomic E-state index is 0.0890. The first-order valence-corrected chi connectivity index (χ1v) is 13.7. The van der Waals surface area contributed by atoms with Crippen LogP contribution in [0.4, 0.5) is 0 Å². The standard InChI is InChI=1S/C24H29N3O3S2/c28-23(16-19-8-9-24(31-19)32(29,30)27-12-4-1-5-13-27)26-14-10-18(11-15-26)21-17-25-22-7-3-2-6-20(21)22/h2-3,6-9,17-18,25H,1,4-5,10-16H2. The molecule has 8 heteroatoms. The molecule has 2 aromatic heterocycles. The molecule has 170 valence electrons. The van der Waals surface area contributed by atoms with E-state index in [9.17, 15) is 13.2 Å². The van der Waals surface area contributed by atoms with E-state index in [1.807, 2.05) is 11.0 Å². The van der Waals surface area contributed by atoms with Crippen molar-refractivity contribution in [3.05, 3.63) is 53.0 Å². The topological polar surface area (TPSA) is 73.5 Å². The summed E-state index contributed by atoms with van der Waals surface area (Å²) >= 11 is 1.24. The molecule has 1 aromatic carbocycles. The summed E-state index contributed by atoms with van der Waals surface area (Å²) < 4.78 is 27.7. The lowest BCUT2D eigenvalue weighted by Crippen LogP contribution is -2.38. The van der Waals surface area contributed by atoms with E-state index in [0.717, 1.165) is 55.6 Å². The first-order chi connectivity index (χ1) is 15.5. The van der Waals surface area contributed by atoms with E-state index in [0.29, 0.717) is 23.2 Å². The SMILES string of the molecule is O=C(Cc1ccc(S(=O)(=O)N2CCCCC2)s1)N1CCC(c2c[nH]c3ccccc23)CC1. The lowest BCUT2D eigenvalue weighted by molar-refractivity contribution is -0.131. The zero-order chi connectivity index (χ0) is 22.1. The van der Waals surface area contributed by atoms with Gasteiger partial charge in [-0.1, -0.05) is 24.6 Å². The van der Waals surface area contributed by atoms with E-state index in [2.05, 4.69) is 29.4 Å². The van der Waals surface area contributed by atoms with E-state index in [4.69, 9.17) is 0 Å². The molecule has 2 fully saturated rings. The quantitative estimate of drug-likeness (QED) is 0.601. The zero-order valence-corrected chi connectivity index (χ0v) is 19.8. The highest BCUT2D eigenvalue weighted by Gasteiger charge is 2.29. The number of aromatic nitrogens is 1. The third-order valence-corrected chi connectivity index (χ3v) is 10.2. The van der Waals surface area contributed by atoms with Gasteiger partial charge in [0.05, 0.1) is 6.42 Å². The van der Waals surface area contributed by atoms with Crippen LogP contribution in [-0.2, 0) is 21.2 Å². The molecule has 0 atom stereocenters. The number of nitrogens with one attached hydrogen (secondary N) is 1. The molecule has 3 aromatic rings. The molecular formula is C24H29N3O3S2. The summed E-state index contributed by atoms with van der Waals surface area (Å²) in [5.74, 6) is 0.546. The fourth-order valence-electron chi connectivity index (χ4n) is 4.96. The zero-order valence-electron chi connectivity index (χ0n) is 18.1. The van der Waals surface area contributed by atoms with Crippen molar-refractivity contribution in [2.45, 2.75) is 48.7 Å². The maximum atomic E-state index is 12.9. The largest absolute Gasteiger partial charge is 0.361 e. The Morgan fingerprint density at radius 1 is 1.00 bits per heavy atom. The number of sulfonamides is 1. The Morgan fingerprint density at radius 3 is 2.53 bits per heavy atom. The lowest BCUT2D eigenvalue weighted by Gasteiger charge is -2.32. The molecule has 0 bridgehead atoms. The predicted molar refractivity (Wildman–Crippen MR) is 127 cm³/mol. The number of piperidine rings is 2. The second-order valence-electron chi connectivity index (χ2n) is 8.81. The number of H-pyrrole nitrogens is 1. The summed E-state index contributed by atoms with van der Waals surface area (Å²) in [6.45, 7) is 2.68. The Labute approximate surface area is 193 Å². The first kappa shape index (κ1) is 21.7. The first-order valence-electron chi connectivity index (χ1n) is 11.4. The molecule has 32 heavy (non-hydrogen) atoms. The molecule has 0 unspecified atom stereocenters. The van der Waals surface area contributed by atoms with Gasteiger partial charge in [-0.3, -0.25) is 4.79 Å². The van der Waals surface area contributed by atoms with Crippen LogP contribution in [0.2, 0.25) is 0 Å². The Kier molecular flexibility index (Phi) is 6.09. The van der Waals surface area contributed by atoms with Crippen LogP contribution in [0.5, 0.6) is 0 Å². The van der Waals surface area contributed by atoms with Gasteiger partial charge in [-0.2, -0.15) is 4.31 Å². The molecule has 0 spiro atoms. The monoisotopic (exact) mass is 471 g/mol. The van der Waals surface area contributed by atoms with Crippen molar-refractivity contribution in [3.63, 3.8) is 0 Å². The maximum Gasteiger partial charge on any atom is 0.252 e. The number of nitrogens with zero attached hydrogens (tertiary/aromatic N) is 2. The van der Waals surface area contributed by atoms with Crippen molar-refractivity contribution in [1.29, 1.82) is 0 Å². The summed E-state index contributed by atoms with van der Waals surface area (Å²) in [5, 5.41) is 1.28. The number of rotatable bonds is 5. The molecule has 2 aliphatic rings. The number of hydrogen-bond acceptors (Lipinski definition) is 4. The van der Waals surface area contributed by atoms with Gasteiger partial charge in [0.25, 0.3) is 10.0 Å². The van der Waals surface area contributed by atoms with Crippen LogP contribution in [0.15, 0.2) is 46.8 Å². The summed E-state index contributed by atoms with van der Waals surface area (Å²) in [6, 6.07) is 11.8. The third-order valence-electron chi connectivity index (χ3n) is 6.78. The highest BCUT2D eigenvalue weighted by molar-refractivity contribution is 7.91. The minimum Gasteiger partial charge on any atom is -0.361 e. The van der Waals surface area contributed by atoms with Crippen molar-refractivity contribution in [1.82, 2.24) is 14.2 Å². The number of thiophene rings is 1. The summed E-state index contributed by atoms with van der Waals surface area (Å²) in [6.07, 6.45) is 7.22. The van der Waals surface area contributed by atoms with Crippen LogP contribution in [0.3, 0.4) is 0 Å². The Balaban J connectivity index is 1.19. The van der Waals surface area contributed by atoms with Crippen LogP contribution >= 0.6 is 11.3 Å². The van der Waals surface area contributed by atoms with Gasteiger partial charge in [0, 0.05) is 48.2 Å². The van der Waals surface area contributed by atoms with Gasteiger partial charge < -0.3 is 9.88 Å². The summed E-state index contributed by atoms with van der Waals surface area (Å²) in [7, 11) is -3.43. The van der Waals surface area contributed by atoms with Crippen LogP contribution in [0.1, 0.15) is 48.5 Å². The fourth-order valence-corrected chi connectivity index (χ4v) is 7.98. The van der Waals surface area contributed by atoms with E-state index >= 15 is 0 Å². The average Bonchev–Trinajstić information content (AvgIpc) is 3.47. The highest BCUT2D eigenvalue weighted by atomic mass is 32.2. The van der Waals surface area contributed by atoms with E-state index in [-0.39, 0.29) is 12.3 Å². The molecule has 1 amide bonds. The molecule has 0 saturated carbocycles. The van der Waals surface area contributed by atoms with Gasteiger partial charge in [-0.05, 0) is 55.4 Å². The van der Waals surface area contributed by atoms with Crippen LogP contribution < -0.4 is 0 Å². The van der Waals surface area contributed by atoms with Crippen molar-refractivity contribution in [3.8, 4) is 0 Å². The molecule has 2 aliphatic heterocycles. The van der Waals surface area contributed by atoms with E-state index in [1.165, 1.54) is 22.3 Å². The molecule has 0 radical (unpaired) electrons. The highest BCUT2D eigenvalue weighted by Crippen LogP contribution is 2.33. The maximum absolute atomic E-state index is 12.9. The molecule has 0 aliphatic carbocycles. The van der Waals surface area contributed by atoms with Gasteiger partial charge in [-0.15, -0.1) is 11.3 Å². The lowest BCUT2D eigenvalue weighted by atomic mass is 9.89. The average molecular weight is 472 g/mol. The number of amides is 1. The molecule has 5 rings (SSSR count). The number of benzene rings is 1. The number of fused-ring (bicyclic) bond motifs is 1. The molecule has 1 N–H and O–H groups in total. The summed E-state index contributed by atoms with van der Waals surface area (Å²) in [4.78, 5) is 19.0. The second kappa shape index (κ2) is 9.00. The van der Waals surface area contributed by atoms with E-state index in [1.54, 1.807) is 16.4 Å². The normalized spacial score (nSPS) is 18.9. The van der Waals surface area contributed by atoms with Gasteiger partial charge in [-0.25, -0.2) is 8.42 Å². The Morgan fingerprint density at radius 2 is 1.75 bits per heavy atom. The number of carbonyl (C=O) groups is 1. The van der Waals surface area contributed by atoms with Crippen molar-refractivity contribution in [2.24, 2.45) is 0 Å². The van der Waals surface area contributed by atoms with Gasteiger partial charge in [0.15, 0.2) is 0 Å².